The van der Waals surface area contributed by atoms with Gasteiger partial charge in [0.25, 0.3) is 5.91 Å². The maximum absolute atomic E-state index is 14.8. The van der Waals surface area contributed by atoms with E-state index in [4.69, 9.17) is 10.1 Å². The standard InChI is InChI=1S/C27H31FN6O3S/c1-4-38(36,37)20-8-9-22(28)21(11-20)27(35)33-10-6-5-7-24(33)23-12-25-30-26(18(3)15-34(25)31-23)32-14-17(2)19(13-29)16-32/h8-9,11-12,15,17,19,24H,4-7,10,14,16H2,1-3H3/t17-,19+,24-/m0/s1. The minimum absolute atomic E-state index is 0.0408. The molecule has 0 N–H and O–H groups in total. The molecule has 3 atom stereocenters. The van der Waals surface area contributed by atoms with Crippen LogP contribution < -0.4 is 4.90 Å². The summed E-state index contributed by atoms with van der Waals surface area (Å²) in [6.07, 6.45) is 4.20. The van der Waals surface area contributed by atoms with Crippen LogP contribution in [0.2, 0.25) is 0 Å². The molecule has 1 amide bonds. The van der Waals surface area contributed by atoms with Crippen molar-refractivity contribution in [3.8, 4) is 6.07 Å². The molecule has 2 aliphatic heterocycles. The molecular formula is C27H31FN6O3S. The van der Waals surface area contributed by atoms with Crippen molar-refractivity contribution < 1.29 is 17.6 Å². The number of carbonyl (C=O) groups is 1. The molecule has 0 aliphatic carbocycles. The van der Waals surface area contributed by atoms with Crippen molar-refractivity contribution in [2.75, 3.05) is 30.3 Å². The van der Waals surface area contributed by atoms with E-state index in [0.717, 1.165) is 42.9 Å². The van der Waals surface area contributed by atoms with Gasteiger partial charge < -0.3 is 9.80 Å². The van der Waals surface area contributed by atoms with Crippen LogP contribution >= 0.6 is 0 Å². The van der Waals surface area contributed by atoms with Crippen LogP contribution in [0.1, 0.15) is 60.8 Å². The summed E-state index contributed by atoms with van der Waals surface area (Å²) in [6.45, 7) is 7.35. The van der Waals surface area contributed by atoms with Crippen LogP contribution in [0.3, 0.4) is 0 Å². The van der Waals surface area contributed by atoms with Gasteiger partial charge in [0.1, 0.15) is 11.6 Å². The molecule has 0 bridgehead atoms. The van der Waals surface area contributed by atoms with Crippen LogP contribution in [-0.4, -0.2) is 59.2 Å². The highest BCUT2D eigenvalue weighted by atomic mass is 32.2. The Morgan fingerprint density at radius 2 is 2.03 bits per heavy atom. The summed E-state index contributed by atoms with van der Waals surface area (Å²) >= 11 is 0. The number of hydrogen-bond donors (Lipinski definition) is 0. The van der Waals surface area contributed by atoms with Crippen LogP contribution in [-0.2, 0) is 9.84 Å². The number of hydrogen-bond acceptors (Lipinski definition) is 7. The first-order valence-corrected chi connectivity index (χ1v) is 14.6. The zero-order valence-electron chi connectivity index (χ0n) is 21.8. The zero-order valence-corrected chi connectivity index (χ0v) is 22.6. The second kappa shape index (κ2) is 9.98. The van der Waals surface area contributed by atoms with Gasteiger partial charge in [-0.25, -0.2) is 22.3 Å². The van der Waals surface area contributed by atoms with Gasteiger partial charge in [0.2, 0.25) is 0 Å². The molecule has 200 valence electrons. The molecular weight excluding hydrogens is 507 g/mol. The molecule has 0 radical (unpaired) electrons. The Morgan fingerprint density at radius 3 is 2.74 bits per heavy atom. The van der Waals surface area contributed by atoms with Gasteiger partial charge in [-0.3, -0.25) is 4.79 Å². The maximum Gasteiger partial charge on any atom is 0.257 e. The van der Waals surface area contributed by atoms with Crippen LogP contribution in [0.4, 0.5) is 10.2 Å². The molecule has 1 aromatic carbocycles. The highest BCUT2D eigenvalue weighted by molar-refractivity contribution is 7.91. The number of piperidine rings is 1. The van der Waals surface area contributed by atoms with Crippen LogP contribution in [0.15, 0.2) is 35.4 Å². The first-order valence-electron chi connectivity index (χ1n) is 13.0. The molecule has 0 saturated carbocycles. The number of nitriles is 1. The van der Waals surface area contributed by atoms with Crippen molar-refractivity contribution in [2.24, 2.45) is 11.8 Å². The maximum atomic E-state index is 14.8. The van der Waals surface area contributed by atoms with Crippen molar-refractivity contribution in [3.63, 3.8) is 0 Å². The number of aromatic nitrogens is 3. The van der Waals surface area contributed by atoms with Crippen LogP contribution in [0.5, 0.6) is 0 Å². The molecule has 38 heavy (non-hydrogen) atoms. The zero-order chi connectivity index (χ0) is 27.2. The van der Waals surface area contributed by atoms with E-state index in [0.29, 0.717) is 30.9 Å². The number of fused-ring (bicyclic) bond motifs is 1. The Hall–Kier alpha value is -3.52. The number of halogens is 1. The molecule has 4 heterocycles. The van der Waals surface area contributed by atoms with E-state index < -0.39 is 21.6 Å². The second-order valence-electron chi connectivity index (χ2n) is 10.3. The minimum Gasteiger partial charge on any atom is -0.355 e. The summed E-state index contributed by atoms with van der Waals surface area (Å²) in [6, 6.07) is 7.24. The normalized spacial score (nSPS) is 22.1. The van der Waals surface area contributed by atoms with Gasteiger partial charge in [0.15, 0.2) is 15.5 Å². The smallest absolute Gasteiger partial charge is 0.257 e. The minimum atomic E-state index is -3.59. The third-order valence-corrected chi connectivity index (χ3v) is 9.45. The SMILES string of the molecule is CCS(=O)(=O)c1ccc(F)c(C(=O)N2CCCC[C@H]2c2cc3nc(N4C[C@@H](C#N)[C@@H](C)C4)c(C)cn3n2)c1. The highest BCUT2D eigenvalue weighted by Gasteiger charge is 2.34. The average molecular weight is 539 g/mol. The Labute approximate surface area is 221 Å². The Bertz CT molecular complexity index is 1550. The molecule has 2 saturated heterocycles. The highest BCUT2D eigenvalue weighted by Crippen LogP contribution is 2.34. The lowest BCUT2D eigenvalue weighted by atomic mass is 9.98. The van der Waals surface area contributed by atoms with E-state index >= 15 is 0 Å². The predicted octanol–water partition coefficient (Wildman–Crippen LogP) is 3.93. The van der Waals surface area contributed by atoms with E-state index in [1.807, 2.05) is 19.2 Å². The molecule has 0 unspecified atom stereocenters. The summed E-state index contributed by atoms with van der Waals surface area (Å²) in [4.78, 5) is 22.1. The lowest BCUT2D eigenvalue weighted by molar-refractivity contribution is 0.0600. The number of amides is 1. The summed E-state index contributed by atoms with van der Waals surface area (Å²) in [7, 11) is -3.59. The average Bonchev–Trinajstić information content (AvgIpc) is 3.50. The Morgan fingerprint density at radius 1 is 1.24 bits per heavy atom. The lowest BCUT2D eigenvalue weighted by Crippen LogP contribution is -2.39. The molecule has 9 nitrogen and oxygen atoms in total. The quantitative estimate of drug-likeness (QED) is 0.453. The second-order valence-corrected chi connectivity index (χ2v) is 12.6. The summed E-state index contributed by atoms with van der Waals surface area (Å²) < 4.78 is 41.2. The van der Waals surface area contributed by atoms with Crippen molar-refractivity contribution in [1.82, 2.24) is 19.5 Å². The van der Waals surface area contributed by atoms with Gasteiger partial charge in [-0.15, -0.1) is 0 Å². The molecule has 3 aromatic rings. The first-order chi connectivity index (χ1) is 18.1. The van der Waals surface area contributed by atoms with Gasteiger partial charge >= 0.3 is 0 Å². The number of benzene rings is 1. The number of aryl methyl sites for hydroxylation is 1. The van der Waals surface area contributed by atoms with Gasteiger partial charge in [0.05, 0.1) is 39.9 Å². The van der Waals surface area contributed by atoms with Gasteiger partial charge in [-0.1, -0.05) is 13.8 Å². The molecule has 2 aromatic heterocycles. The Balaban J connectivity index is 1.48. The number of anilines is 1. The third-order valence-electron chi connectivity index (χ3n) is 7.71. The number of sulfone groups is 1. The van der Waals surface area contributed by atoms with Crippen molar-refractivity contribution in [2.45, 2.75) is 51.0 Å². The van der Waals surface area contributed by atoms with Gasteiger partial charge in [0, 0.05) is 37.5 Å². The molecule has 11 heteroatoms. The topological polar surface area (TPSA) is 112 Å². The van der Waals surface area contributed by atoms with E-state index in [9.17, 15) is 22.9 Å². The monoisotopic (exact) mass is 538 g/mol. The third kappa shape index (κ3) is 4.62. The summed E-state index contributed by atoms with van der Waals surface area (Å²) in [5.41, 5.74) is 1.98. The number of carbonyl (C=O) groups excluding carboxylic acids is 1. The largest absolute Gasteiger partial charge is 0.355 e. The Kier molecular flexibility index (Phi) is 6.86. The summed E-state index contributed by atoms with van der Waals surface area (Å²) in [5, 5.41) is 14.2. The molecule has 2 fully saturated rings. The number of nitrogens with zero attached hydrogens (tertiary/aromatic N) is 6. The van der Waals surface area contributed by atoms with Crippen molar-refractivity contribution >= 4 is 27.2 Å². The number of likely N-dealkylation sites (tertiary alicyclic amines) is 1. The van der Waals surface area contributed by atoms with Crippen molar-refractivity contribution in [1.29, 1.82) is 5.26 Å². The molecule has 0 spiro atoms. The van der Waals surface area contributed by atoms with Gasteiger partial charge in [-0.05, 0) is 50.3 Å². The number of rotatable bonds is 5. The van der Waals surface area contributed by atoms with Gasteiger partial charge in [-0.2, -0.15) is 10.4 Å². The van der Waals surface area contributed by atoms with E-state index in [1.54, 1.807) is 9.42 Å². The van der Waals surface area contributed by atoms with E-state index in [2.05, 4.69) is 17.9 Å². The summed E-state index contributed by atoms with van der Waals surface area (Å²) in [5.74, 6) is -0.396. The fourth-order valence-corrected chi connectivity index (χ4v) is 6.38. The van der Waals surface area contributed by atoms with E-state index in [1.165, 1.54) is 13.0 Å². The van der Waals surface area contributed by atoms with E-state index in [-0.39, 0.29) is 34.1 Å². The molecule has 2 aliphatic rings. The molecule has 5 rings (SSSR count). The van der Waals surface area contributed by atoms with Crippen LogP contribution in [0.25, 0.3) is 5.65 Å². The predicted molar refractivity (Wildman–Crippen MR) is 140 cm³/mol. The first kappa shape index (κ1) is 26.1. The lowest BCUT2D eigenvalue weighted by Gasteiger charge is -2.35. The fourth-order valence-electron chi connectivity index (χ4n) is 5.48. The van der Waals surface area contributed by atoms with Crippen LogP contribution in [0, 0.1) is 35.9 Å². The van der Waals surface area contributed by atoms with Crippen molar-refractivity contribution in [3.05, 3.63) is 53.1 Å². The fraction of sp³-hybridized carbons (Fsp3) is 0.481.